The van der Waals surface area contributed by atoms with Crippen molar-refractivity contribution >= 4 is 40.6 Å². The third-order valence-corrected chi connectivity index (χ3v) is 11.3. The average Bonchev–Trinajstić information content (AvgIpc) is 3.62. The van der Waals surface area contributed by atoms with Crippen LogP contribution < -0.4 is 21.3 Å². The Balaban J connectivity index is 1.34. The van der Waals surface area contributed by atoms with E-state index < -0.39 is 40.7 Å². The van der Waals surface area contributed by atoms with Crippen LogP contribution in [0.2, 0.25) is 0 Å². The highest BCUT2D eigenvalue weighted by atomic mass is 32.2. The fourth-order valence-electron chi connectivity index (χ4n) is 7.64. The van der Waals surface area contributed by atoms with Crippen molar-refractivity contribution in [2.24, 2.45) is 23.2 Å². The van der Waals surface area contributed by atoms with Crippen LogP contribution >= 0.6 is 11.8 Å². The molecule has 0 spiro atoms. The average molecular weight is 684 g/mol. The standard InChI is InChI=1S/C35H53N7O5S/c1-5-10-26(48-34(47)38-23-15-16-23)39-32(45)28-24-14-9-13-22(24)20-42(28)33(46)29(35(2,3)4)41-31(44)27(21-11-7-6-8-12-21)40-30(43)25-19-36-17-18-37-25/h17-19,21-24,26-29H,5-16,20H2,1-4H3,(H,38,47)(H,39,45)(H,40,43)(H,41,44)/t22?,24?,26-,27+,28+,29-/m1/s1. The van der Waals surface area contributed by atoms with Crippen LogP contribution in [0.1, 0.15) is 115 Å². The molecule has 4 aliphatic rings. The monoisotopic (exact) mass is 683 g/mol. The molecule has 5 rings (SSSR count). The number of fused-ring (bicyclic) bond motifs is 1. The first-order valence-electron chi connectivity index (χ1n) is 17.9. The van der Waals surface area contributed by atoms with Crippen LogP contribution in [0.15, 0.2) is 18.6 Å². The Morgan fingerprint density at radius 3 is 2.33 bits per heavy atom. The molecule has 264 valence electrons. The Bertz CT molecular complexity index is 1310. The zero-order valence-corrected chi connectivity index (χ0v) is 29.7. The van der Waals surface area contributed by atoms with E-state index in [0.29, 0.717) is 13.0 Å². The topological polar surface area (TPSA) is 162 Å². The van der Waals surface area contributed by atoms with Gasteiger partial charge in [0.15, 0.2) is 0 Å². The molecule has 1 aromatic rings. The SMILES string of the molecule is CCC[C@H](NC(=O)[C@@H]1C2CCCC2CN1C(=O)[C@@H](NC(=O)[C@@H](NC(=O)c1cnccn1)C1CCCCC1)C(C)(C)C)SC(=O)NC1CC1. The normalized spacial score (nSPS) is 24.6. The first kappa shape index (κ1) is 36.1. The van der Waals surface area contributed by atoms with Crippen molar-refractivity contribution in [3.05, 3.63) is 24.3 Å². The summed E-state index contributed by atoms with van der Waals surface area (Å²) in [5.74, 6) is -1.27. The number of aromatic nitrogens is 2. The van der Waals surface area contributed by atoms with Crippen molar-refractivity contribution in [1.82, 2.24) is 36.1 Å². The lowest BCUT2D eigenvalue weighted by atomic mass is 9.82. The summed E-state index contributed by atoms with van der Waals surface area (Å²) in [6, 6.07) is -2.22. The summed E-state index contributed by atoms with van der Waals surface area (Å²) in [6.07, 6.45) is 15.1. The molecule has 1 aromatic heterocycles. The molecule has 0 aromatic carbocycles. The number of carbonyl (C=O) groups is 5. The molecule has 4 fully saturated rings. The maximum absolute atomic E-state index is 14.6. The van der Waals surface area contributed by atoms with E-state index in [-0.39, 0.29) is 46.5 Å². The number of amides is 5. The fourth-order valence-corrected chi connectivity index (χ4v) is 8.66. The van der Waals surface area contributed by atoms with Crippen LogP contribution in [0, 0.1) is 23.2 Å². The second kappa shape index (κ2) is 16.0. The molecule has 5 amide bonds. The Morgan fingerprint density at radius 2 is 1.69 bits per heavy atom. The van der Waals surface area contributed by atoms with Gasteiger partial charge < -0.3 is 26.2 Å². The summed E-state index contributed by atoms with van der Waals surface area (Å²) in [4.78, 5) is 78.4. The maximum Gasteiger partial charge on any atom is 0.281 e. The van der Waals surface area contributed by atoms with Crippen molar-refractivity contribution in [3.8, 4) is 0 Å². The Labute approximate surface area is 288 Å². The van der Waals surface area contributed by atoms with E-state index >= 15 is 0 Å². The van der Waals surface area contributed by atoms with Crippen molar-refractivity contribution in [1.29, 1.82) is 0 Å². The molecule has 48 heavy (non-hydrogen) atoms. The second-order valence-electron chi connectivity index (χ2n) is 15.1. The lowest BCUT2D eigenvalue weighted by Crippen LogP contribution is -2.62. The summed E-state index contributed by atoms with van der Waals surface area (Å²) in [6.45, 7) is 8.18. The minimum atomic E-state index is -0.927. The van der Waals surface area contributed by atoms with E-state index in [2.05, 4.69) is 31.2 Å². The van der Waals surface area contributed by atoms with E-state index in [1.807, 2.05) is 27.7 Å². The molecular weight excluding hydrogens is 630 g/mol. The van der Waals surface area contributed by atoms with Crippen molar-refractivity contribution in [2.75, 3.05) is 6.54 Å². The molecule has 12 nitrogen and oxygen atoms in total. The molecule has 2 unspecified atom stereocenters. The Morgan fingerprint density at radius 1 is 0.938 bits per heavy atom. The van der Waals surface area contributed by atoms with Crippen molar-refractivity contribution in [2.45, 2.75) is 134 Å². The third kappa shape index (κ3) is 9.06. The third-order valence-electron chi connectivity index (χ3n) is 10.3. The number of thioether (sulfide) groups is 1. The summed E-state index contributed by atoms with van der Waals surface area (Å²) in [5.41, 5.74) is -0.560. The van der Waals surface area contributed by atoms with Crippen LogP contribution in [-0.2, 0) is 14.4 Å². The van der Waals surface area contributed by atoms with Gasteiger partial charge in [0.05, 0.1) is 11.6 Å². The summed E-state index contributed by atoms with van der Waals surface area (Å²) >= 11 is 1.11. The van der Waals surface area contributed by atoms with Gasteiger partial charge in [0.25, 0.3) is 11.1 Å². The van der Waals surface area contributed by atoms with Crippen LogP contribution in [0.4, 0.5) is 4.79 Å². The van der Waals surface area contributed by atoms with Gasteiger partial charge in [0, 0.05) is 25.0 Å². The molecule has 4 N–H and O–H groups in total. The minimum Gasteiger partial charge on any atom is -0.344 e. The molecular formula is C35H53N7O5S. The van der Waals surface area contributed by atoms with Gasteiger partial charge in [0.2, 0.25) is 17.7 Å². The minimum absolute atomic E-state index is 0.0269. The van der Waals surface area contributed by atoms with Gasteiger partial charge in [-0.1, -0.05) is 59.8 Å². The summed E-state index contributed by atoms with van der Waals surface area (Å²) in [7, 11) is 0. The lowest BCUT2D eigenvalue weighted by molar-refractivity contribution is -0.145. The molecule has 13 heteroatoms. The van der Waals surface area contributed by atoms with Gasteiger partial charge in [-0.15, -0.1) is 0 Å². The quantitative estimate of drug-likeness (QED) is 0.239. The maximum atomic E-state index is 14.6. The van der Waals surface area contributed by atoms with Gasteiger partial charge in [-0.2, -0.15) is 0 Å². The van der Waals surface area contributed by atoms with E-state index in [4.69, 9.17) is 0 Å². The lowest BCUT2D eigenvalue weighted by Gasteiger charge is -2.38. The van der Waals surface area contributed by atoms with Gasteiger partial charge >= 0.3 is 0 Å². The van der Waals surface area contributed by atoms with E-state index in [1.165, 1.54) is 18.6 Å². The summed E-state index contributed by atoms with van der Waals surface area (Å²) < 4.78 is 0. The molecule has 3 saturated carbocycles. The molecule has 3 aliphatic carbocycles. The number of hydrogen-bond acceptors (Lipinski definition) is 8. The van der Waals surface area contributed by atoms with Crippen LogP contribution in [0.25, 0.3) is 0 Å². The predicted octanol–water partition coefficient (Wildman–Crippen LogP) is 4.16. The summed E-state index contributed by atoms with van der Waals surface area (Å²) in [5, 5.41) is 11.5. The molecule has 1 aliphatic heterocycles. The number of likely N-dealkylation sites (tertiary alicyclic amines) is 1. The Kier molecular flexibility index (Phi) is 12.0. The molecule has 0 bridgehead atoms. The van der Waals surface area contributed by atoms with E-state index in [1.54, 1.807) is 4.90 Å². The van der Waals surface area contributed by atoms with Gasteiger partial charge in [0.1, 0.15) is 23.8 Å². The first-order valence-corrected chi connectivity index (χ1v) is 18.8. The van der Waals surface area contributed by atoms with Gasteiger partial charge in [-0.3, -0.25) is 29.0 Å². The Hall–Kier alpha value is -3.22. The van der Waals surface area contributed by atoms with Gasteiger partial charge in [-0.25, -0.2) is 4.98 Å². The largest absolute Gasteiger partial charge is 0.344 e. The highest BCUT2D eigenvalue weighted by Crippen LogP contribution is 2.43. The van der Waals surface area contributed by atoms with E-state index in [0.717, 1.165) is 82.4 Å². The predicted molar refractivity (Wildman–Crippen MR) is 184 cm³/mol. The van der Waals surface area contributed by atoms with Crippen LogP contribution in [0.3, 0.4) is 0 Å². The van der Waals surface area contributed by atoms with E-state index in [9.17, 15) is 24.0 Å². The first-order chi connectivity index (χ1) is 23.0. The molecule has 2 heterocycles. The number of carbonyl (C=O) groups excluding carboxylic acids is 5. The molecule has 1 saturated heterocycles. The zero-order chi connectivity index (χ0) is 34.4. The number of nitrogens with one attached hydrogen (secondary N) is 4. The fraction of sp³-hybridized carbons (Fsp3) is 0.743. The molecule has 6 atom stereocenters. The van der Waals surface area contributed by atoms with Crippen molar-refractivity contribution in [3.63, 3.8) is 0 Å². The highest BCUT2D eigenvalue weighted by molar-refractivity contribution is 8.14. The number of hydrogen-bond donors (Lipinski definition) is 4. The second-order valence-corrected chi connectivity index (χ2v) is 16.3. The number of rotatable bonds is 12. The highest BCUT2D eigenvalue weighted by Gasteiger charge is 2.52. The van der Waals surface area contributed by atoms with Crippen LogP contribution in [-0.4, -0.2) is 79.8 Å². The van der Waals surface area contributed by atoms with Gasteiger partial charge in [-0.05, 0) is 79.9 Å². The molecule has 0 radical (unpaired) electrons. The zero-order valence-electron chi connectivity index (χ0n) is 28.8. The number of nitrogens with zero attached hydrogens (tertiary/aromatic N) is 3. The smallest absolute Gasteiger partial charge is 0.281 e. The van der Waals surface area contributed by atoms with Crippen molar-refractivity contribution < 1.29 is 24.0 Å². The van der Waals surface area contributed by atoms with Crippen LogP contribution in [0.5, 0.6) is 0 Å².